The van der Waals surface area contributed by atoms with Crippen molar-refractivity contribution in [3.63, 3.8) is 0 Å². The summed E-state index contributed by atoms with van der Waals surface area (Å²) in [5, 5.41) is 0. The Balaban J connectivity index is 1.86. The van der Waals surface area contributed by atoms with Crippen molar-refractivity contribution in [1.29, 1.82) is 0 Å². The van der Waals surface area contributed by atoms with E-state index in [1.165, 1.54) is 35.5 Å². The molecule has 1 nitrogen and oxygen atoms in total. The second kappa shape index (κ2) is 5.04. The van der Waals surface area contributed by atoms with Crippen LogP contribution in [0.25, 0.3) is 0 Å². The largest absolute Gasteiger partial charge is 0.324 e. The highest BCUT2D eigenvalue weighted by atomic mass is 32.2. The predicted octanol–water partition coefficient (Wildman–Crippen LogP) is 3.60. The Labute approximate surface area is 96.4 Å². The van der Waals surface area contributed by atoms with Crippen molar-refractivity contribution in [2.75, 3.05) is 5.75 Å². The van der Waals surface area contributed by atoms with Crippen molar-refractivity contribution in [1.82, 2.24) is 0 Å². The minimum atomic E-state index is 0.147. The summed E-state index contributed by atoms with van der Waals surface area (Å²) in [6.45, 7) is 2.04. The molecule has 0 aromatic heterocycles. The van der Waals surface area contributed by atoms with E-state index < -0.39 is 0 Å². The minimum Gasteiger partial charge on any atom is -0.324 e. The van der Waals surface area contributed by atoms with E-state index in [-0.39, 0.29) is 6.04 Å². The second-order valence-electron chi connectivity index (χ2n) is 4.44. The maximum Gasteiger partial charge on any atom is 0.0266 e. The molecule has 0 radical (unpaired) electrons. The number of hydrogen-bond donors (Lipinski definition) is 1. The zero-order valence-corrected chi connectivity index (χ0v) is 10.1. The number of hydrogen-bond acceptors (Lipinski definition) is 2. The molecule has 15 heavy (non-hydrogen) atoms. The van der Waals surface area contributed by atoms with Crippen LogP contribution in [0.4, 0.5) is 0 Å². The first-order chi connectivity index (χ1) is 7.25. The molecule has 0 aliphatic heterocycles. The van der Waals surface area contributed by atoms with Gasteiger partial charge in [-0.1, -0.05) is 25.0 Å². The molecule has 0 bridgehead atoms. The summed E-state index contributed by atoms with van der Waals surface area (Å²) in [6, 6.07) is 8.77. The van der Waals surface area contributed by atoms with Gasteiger partial charge in [0, 0.05) is 10.9 Å². The summed E-state index contributed by atoms with van der Waals surface area (Å²) in [5.74, 6) is 2.29. The summed E-state index contributed by atoms with van der Waals surface area (Å²) in [5.41, 5.74) is 7.10. The third-order valence-corrected chi connectivity index (χ3v) is 3.90. The van der Waals surface area contributed by atoms with Gasteiger partial charge in [-0.2, -0.15) is 0 Å². The average molecular weight is 221 g/mol. The van der Waals surface area contributed by atoms with E-state index in [0.717, 1.165) is 5.92 Å². The van der Waals surface area contributed by atoms with Gasteiger partial charge in [0.05, 0.1) is 0 Å². The number of benzene rings is 1. The van der Waals surface area contributed by atoms with Crippen molar-refractivity contribution < 1.29 is 0 Å². The molecule has 0 saturated heterocycles. The van der Waals surface area contributed by atoms with Crippen LogP contribution >= 0.6 is 11.8 Å². The maximum atomic E-state index is 5.86. The Kier molecular flexibility index (Phi) is 3.71. The van der Waals surface area contributed by atoms with Gasteiger partial charge in [-0.05, 0) is 42.7 Å². The third kappa shape index (κ3) is 3.54. The zero-order chi connectivity index (χ0) is 10.7. The molecule has 1 aromatic carbocycles. The van der Waals surface area contributed by atoms with Crippen molar-refractivity contribution in [2.24, 2.45) is 11.7 Å². The predicted molar refractivity (Wildman–Crippen MR) is 67.1 cm³/mol. The molecule has 82 valence electrons. The fraction of sp³-hybridized carbons (Fsp3) is 0.538. The van der Waals surface area contributed by atoms with Gasteiger partial charge in [-0.25, -0.2) is 0 Å². The molecule has 1 aliphatic rings. The van der Waals surface area contributed by atoms with Crippen LogP contribution in [0.1, 0.15) is 37.8 Å². The van der Waals surface area contributed by atoms with Gasteiger partial charge in [-0.3, -0.25) is 0 Å². The standard InChI is InChI=1S/C13H19NS/c1-10(14)12-3-2-4-13(9-12)15-8-7-11-5-6-11/h2-4,9-11H,5-8,14H2,1H3. The number of thioether (sulfide) groups is 1. The molecule has 1 aliphatic carbocycles. The smallest absolute Gasteiger partial charge is 0.0266 e. The summed E-state index contributed by atoms with van der Waals surface area (Å²) < 4.78 is 0. The first-order valence-electron chi connectivity index (χ1n) is 5.74. The van der Waals surface area contributed by atoms with Crippen molar-refractivity contribution in [3.8, 4) is 0 Å². The van der Waals surface area contributed by atoms with Gasteiger partial charge < -0.3 is 5.73 Å². The van der Waals surface area contributed by atoms with E-state index >= 15 is 0 Å². The van der Waals surface area contributed by atoms with Crippen molar-refractivity contribution in [3.05, 3.63) is 29.8 Å². The molecular weight excluding hydrogens is 202 g/mol. The van der Waals surface area contributed by atoms with Crippen LogP contribution in [0.15, 0.2) is 29.2 Å². The topological polar surface area (TPSA) is 26.0 Å². The van der Waals surface area contributed by atoms with E-state index in [1.54, 1.807) is 0 Å². The molecule has 2 heteroatoms. The Bertz CT molecular complexity index is 318. The molecule has 1 aromatic rings. The Morgan fingerprint density at radius 3 is 2.93 bits per heavy atom. The van der Waals surface area contributed by atoms with Gasteiger partial charge in [0.2, 0.25) is 0 Å². The van der Waals surface area contributed by atoms with Gasteiger partial charge in [0.25, 0.3) is 0 Å². The lowest BCUT2D eigenvalue weighted by molar-refractivity contribution is 0.807. The quantitative estimate of drug-likeness (QED) is 0.769. The Morgan fingerprint density at radius 2 is 2.27 bits per heavy atom. The van der Waals surface area contributed by atoms with Crippen LogP contribution in [0.3, 0.4) is 0 Å². The molecule has 1 unspecified atom stereocenters. The highest BCUT2D eigenvalue weighted by Crippen LogP contribution is 2.34. The molecular formula is C13H19NS. The summed E-state index contributed by atoms with van der Waals surface area (Å²) >= 11 is 1.96. The van der Waals surface area contributed by atoms with Gasteiger partial charge >= 0.3 is 0 Å². The summed E-state index contributed by atoms with van der Waals surface area (Å²) in [7, 11) is 0. The third-order valence-electron chi connectivity index (χ3n) is 2.88. The SMILES string of the molecule is CC(N)c1cccc(SCCC2CC2)c1. The first kappa shape index (κ1) is 11.0. The van der Waals surface area contributed by atoms with Gasteiger partial charge in [0.15, 0.2) is 0 Å². The van der Waals surface area contributed by atoms with Crippen molar-refractivity contribution in [2.45, 2.75) is 37.1 Å². The van der Waals surface area contributed by atoms with Crippen LogP contribution in [0.5, 0.6) is 0 Å². The molecule has 1 atom stereocenters. The molecule has 0 spiro atoms. The number of rotatable bonds is 5. The van der Waals surface area contributed by atoms with E-state index in [0.29, 0.717) is 0 Å². The molecule has 1 saturated carbocycles. The van der Waals surface area contributed by atoms with E-state index in [2.05, 4.69) is 24.3 Å². The van der Waals surface area contributed by atoms with Crippen LogP contribution in [-0.4, -0.2) is 5.75 Å². The van der Waals surface area contributed by atoms with Gasteiger partial charge in [0.1, 0.15) is 0 Å². The number of nitrogens with two attached hydrogens (primary N) is 1. The van der Waals surface area contributed by atoms with Crippen LogP contribution in [0.2, 0.25) is 0 Å². The fourth-order valence-electron chi connectivity index (χ4n) is 1.64. The van der Waals surface area contributed by atoms with Crippen LogP contribution < -0.4 is 5.73 Å². The molecule has 0 heterocycles. The zero-order valence-electron chi connectivity index (χ0n) is 9.28. The lowest BCUT2D eigenvalue weighted by atomic mass is 10.1. The van der Waals surface area contributed by atoms with Crippen LogP contribution in [0, 0.1) is 5.92 Å². The van der Waals surface area contributed by atoms with E-state index in [1.807, 2.05) is 18.7 Å². The molecule has 1 fully saturated rings. The molecule has 2 N–H and O–H groups in total. The summed E-state index contributed by atoms with van der Waals surface area (Å²) in [4.78, 5) is 1.37. The van der Waals surface area contributed by atoms with Crippen LogP contribution in [-0.2, 0) is 0 Å². The lowest BCUT2D eigenvalue weighted by Gasteiger charge is -2.07. The molecule has 2 rings (SSSR count). The lowest BCUT2D eigenvalue weighted by Crippen LogP contribution is -2.04. The van der Waals surface area contributed by atoms with E-state index in [4.69, 9.17) is 5.73 Å². The highest BCUT2D eigenvalue weighted by Gasteiger charge is 2.20. The Morgan fingerprint density at radius 1 is 1.47 bits per heavy atom. The fourth-order valence-corrected chi connectivity index (χ4v) is 2.72. The summed E-state index contributed by atoms with van der Waals surface area (Å²) in [6.07, 6.45) is 4.30. The first-order valence-corrected chi connectivity index (χ1v) is 6.72. The Hall–Kier alpha value is -0.470. The minimum absolute atomic E-state index is 0.147. The maximum absolute atomic E-state index is 5.86. The monoisotopic (exact) mass is 221 g/mol. The normalized spacial score (nSPS) is 17.7. The highest BCUT2D eigenvalue weighted by molar-refractivity contribution is 7.99. The van der Waals surface area contributed by atoms with Crippen molar-refractivity contribution >= 4 is 11.8 Å². The molecule has 0 amide bonds. The van der Waals surface area contributed by atoms with Gasteiger partial charge in [-0.15, -0.1) is 11.8 Å². The van der Waals surface area contributed by atoms with E-state index in [9.17, 15) is 0 Å². The second-order valence-corrected chi connectivity index (χ2v) is 5.61. The average Bonchev–Trinajstić information content (AvgIpc) is 3.02.